The predicted octanol–water partition coefficient (Wildman–Crippen LogP) is 6.56. The molecule has 5 fully saturated rings. The highest BCUT2D eigenvalue weighted by Crippen LogP contribution is 2.57. The number of halogens is 3. The Morgan fingerprint density at radius 1 is 1.06 bits per heavy atom. The molecule has 3 saturated carbocycles. The maximum absolute atomic E-state index is 15.0. The van der Waals surface area contributed by atoms with E-state index in [1.807, 2.05) is 20.8 Å². The largest absolute Gasteiger partial charge is 0.491 e. The normalized spacial score (nSPS) is 29.6. The van der Waals surface area contributed by atoms with Crippen LogP contribution in [0.2, 0.25) is 0 Å². The van der Waals surface area contributed by atoms with E-state index in [1.165, 1.54) is 17.0 Å². The Balaban J connectivity index is 1.16. The van der Waals surface area contributed by atoms with Crippen LogP contribution in [0.3, 0.4) is 0 Å². The summed E-state index contributed by atoms with van der Waals surface area (Å²) in [7, 11) is -4.04. The van der Waals surface area contributed by atoms with Gasteiger partial charge in [0.2, 0.25) is 27.7 Å². The van der Waals surface area contributed by atoms with Gasteiger partial charge in [0.05, 0.1) is 64.9 Å². The first-order chi connectivity index (χ1) is 31.1. The Labute approximate surface area is 384 Å². The molecule has 0 spiro atoms. The second kappa shape index (κ2) is 18.3. The van der Waals surface area contributed by atoms with Crippen LogP contribution in [-0.2, 0) is 51.3 Å². The van der Waals surface area contributed by atoms with Gasteiger partial charge < -0.3 is 23.8 Å². The van der Waals surface area contributed by atoms with E-state index in [0.29, 0.717) is 75.2 Å². The highest BCUT2D eigenvalue weighted by atomic mass is 32.2. The number of carbonyl (C=O) groups excluding carboxylic acids is 4. The molecule has 8 rings (SSSR count). The van der Waals surface area contributed by atoms with Crippen LogP contribution < -0.4 is 14.2 Å². The van der Waals surface area contributed by atoms with E-state index in [2.05, 4.69) is 16.2 Å². The van der Waals surface area contributed by atoms with Crippen molar-refractivity contribution >= 4 is 44.5 Å². The molecular formula is C48H63F3N4O10S. The monoisotopic (exact) mass is 944 g/mol. The minimum absolute atomic E-state index is 0.00360. The number of esters is 1. The third kappa shape index (κ3) is 10.2. The van der Waals surface area contributed by atoms with Gasteiger partial charge in [-0.05, 0) is 87.3 Å². The molecule has 2 saturated heterocycles. The van der Waals surface area contributed by atoms with Crippen LogP contribution in [0.25, 0.3) is 10.9 Å². The molecule has 14 nitrogen and oxygen atoms in total. The lowest BCUT2D eigenvalue weighted by Gasteiger charge is -2.34. The van der Waals surface area contributed by atoms with Gasteiger partial charge in [-0.25, -0.2) is 13.4 Å². The highest BCUT2D eigenvalue weighted by molar-refractivity contribution is 7.91. The van der Waals surface area contributed by atoms with Crippen molar-refractivity contribution in [3.8, 4) is 11.6 Å². The molecule has 2 amide bonds. The number of rotatable bonds is 11. The molecule has 4 heterocycles. The van der Waals surface area contributed by atoms with Gasteiger partial charge in [0, 0.05) is 37.9 Å². The van der Waals surface area contributed by atoms with Crippen LogP contribution in [-0.4, -0.2) is 116 Å². The molecule has 0 unspecified atom stereocenters. The molecule has 2 bridgehead atoms. The number of amides is 2. The van der Waals surface area contributed by atoms with E-state index in [-0.39, 0.29) is 55.8 Å². The van der Waals surface area contributed by atoms with Gasteiger partial charge in [-0.15, -0.1) is 6.58 Å². The van der Waals surface area contributed by atoms with Gasteiger partial charge in [0.1, 0.15) is 24.6 Å². The van der Waals surface area contributed by atoms with E-state index < -0.39 is 91.3 Å². The lowest BCUT2D eigenvalue weighted by atomic mass is 9.77. The summed E-state index contributed by atoms with van der Waals surface area (Å²) in [6.07, 6.45) is 0.246. The van der Waals surface area contributed by atoms with E-state index in [9.17, 15) is 40.8 Å². The number of aromatic nitrogens is 1. The molecule has 0 radical (unpaired) electrons. The Hall–Kier alpha value is -4.29. The van der Waals surface area contributed by atoms with Gasteiger partial charge in [0.25, 0.3) is 0 Å². The van der Waals surface area contributed by atoms with Crippen LogP contribution in [0.1, 0.15) is 109 Å². The molecule has 6 aliphatic rings. The van der Waals surface area contributed by atoms with Crippen molar-refractivity contribution in [2.45, 2.75) is 134 Å². The second-order valence-electron chi connectivity index (χ2n) is 20.7. The number of nitrogens with one attached hydrogen (secondary N) is 1. The standard InChI is InChI=1S/C48H63F3N4O10S/c1-6-30-26-47(30,44(59)53-66(60,61)46(5)14-15-46)27-38(56)37-24-32-28-55(37)43(58)35(45(2,3)4)25-40(57)65-39-22-29(39)10-8-7-9-11-34-41(63-21-18-54-16-19-62-20-17-54)33-13-12-31(48(49,50)51)23-36(33)52-42(34)64-32/h6,12-13,23,29-30,32,35,37,39H,1,7-11,14-22,24-28H2,2-5H3,(H,53,59)/t29-,30-,32-,35-,37+,39-,47-/m1/s1. The van der Waals surface area contributed by atoms with Crippen LogP contribution in [0.5, 0.6) is 11.6 Å². The van der Waals surface area contributed by atoms with Gasteiger partial charge in [0.15, 0.2) is 5.78 Å². The second-order valence-corrected chi connectivity index (χ2v) is 22.9. The Kier molecular flexibility index (Phi) is 13.4. The van der Waals surface area contributed by atoms with Gasteiger partial charge in [-0.1, -0.05) is 39.7 Å². The zero-order valence-electron chi connectivity index (χ0n) is 38.4. The molecular weight excluding hydrogens is 882 g/mol. The molecule has 1 aromatic heterocycles. The summed E-state index contributed by atoms with van der Waals surface area (Å²) in [6, 6.07) is 2.19. The van der Waals surface area contributed by atoms with Crippen molar-refractivity contribution in [1.29, 1.82) is 0 Å². The minimum Gasteiger partial charge on any atom is -0.491 e. The number of sulfonamides is 1. The molecule has 362 valence electrons. The lowest BCUT2D eigenvalue weighted by molar-refractivity contribution is -0.154. The third-order valence-corrected chi connectivity index (χ3v) is 17.0. The molecule has 1 aromatic carbocycles. The van der Waals surface area contributed by atoms with Crippen molar-refractivity contribution in [2.75, 3.05) is 46.0 Å². The molecule has 3 aliphatic carbocycles. The fourth-order valence-electron chi connectivity index (χ4n) is 9.91. The molecule has 1 N–H and O–H groups in total. The number of nitrogens with zero attached hydrogens (tertiary/aromatic N) is 3. The summed E-state index contributed by atoms with van der Waals surface area (Å²) < 4.78 is 94.8. The fourth-order valence-corrected chi connectivity index (χ4v) is 11.2. The number of ketones is 1. The number of hydrogen-bond acceptors (Lipinski definition) is 12. The van der Waals surface area contributed by atoms with Crippen molar-refractivity contribution < 1.29 is 59.7 Å². The molecule has 2 aromatic rings. The number of Topliss-reactive ketones (excluding diaryl/α,β-unsaturated/α-hetero) is 1. The number of pyridine rings is 1. The van der Waals surface area contributed by atoms with Gasteiger partial charge >= 0.3 is 12.1 Å². The number of fused-ring (bicyclic) bond motifs is 5. The summed E-state index contributed by atoms with van der Waals surface area (Å²) in [6.45, 7) is 14.1. The van der Waals surface area contributed by atoms with Gasteiger partial charge in [-0.2, -0.15) is 13.2 Å². The number of morpholine rings is 1. The first-order valence-corrected chi connectivity index (χ1v) is 25.0. The first kappa shape index (κ1) is 48.2. The average Bonchev–Trinajstić information content (AvgIpc) is 4.21. The van der Waals surface area contributed by atoms with E-state index >= 15 is 0 Å². The van der Waals surface area contributed by atoms with Crippen LogP contribution in [0, 0.1) is 28.6 Å². The number of alkyl halides is 3. The molecule has 7 atom stereocenters. The summed E-state index contributed by atoms with van der Waals surface area (Å²) in [5.41, 5.74) is -2.52. The number of allylic oxidation sites excluding steroid dienone is 1. The number of ether oxygens (including phenoxy) is 4. The summed E-state index contributed by atoms with van der Waals surface area (Å²) >= 11 is 0. The Morgan fingerprint density at radius 3 is 2.47 bits per heavy atom. The maximum Gasteiger partial charge on any atom is 0.416 e. The molecule has 18 heteroatoms. The van der Waals surface area contributed by atoms with Gasteiger partial charge in [-0.3, -0.25) is 28.8 Å². The Bertz CT molecular complexity index is 2340. The number of hydrogen-bond donors (Lipinski definition) is 1. The summed E-state index contributed by atoms with van der Waals surface area (Å²) in [4.78, 5) is 65.5. The minimum atomic E-state index is -4.66. The third-order valence-electron chi connectivity index (χ3n) is 14.8. The zero-order chi connectivity index (χ0) is 47.4. The molecule has 3 aliphatic heterocycles. The van der Waals surface area contributed by atoms with Crippen LogP contribution in [0.15, 0.2) is 30.9 Å². The topological polar surface area (TPSA) is 171 Å². The van der Waals surface area contributed by atoms with Crippen molar-refractivity contribution in [3.05, 3.63) is 42.0 Å². The predicted molar refractivity (Wildman–Crippen MR) is 237 cm³/mol. The number of benzene rings is 1. The van der Waals surface area contributed by atoms with E-state index in [1.54, 1.807) is 6.92 Å². The summed E-state index contributed by atoms with van der Waals surface area (Å²) in [5.74, 6) is -3.15. The highest BCUT2D eigenvalue weighted by Gasteiger charge is 2.62. The summed E-state index contributed by atoms with van der Waals surface area (Å²) in [5, 5.41) is 0.392. The van der Waals surface area contributed by atoms with Crippen LogP contribution >= 0.6 is 0 Å². The van der Waals surface area contributed by atoms with Crippen molar-refractivity contribution in [2.24, 2.45) is 28.6 Å². The SMILES string of the molecule is C=C[C@@H]1C[C@]1(CC(=O)[C@@H]1C[C@@H]2CN1C(=O)[C@H](C(C)(C)C)CC(=O)O[C@@H]1C[C@H]1CCCCCc1c(nc3cc(C(F)(F)F)ccc3c1OCCN1CCOCC1)O2)C(=O)NS(=O)(=O)C1(C)CC1. The number of carbonyl (C=O) groups is 4. The van der Waals surface area contributed by atoms with Crippen molar-refractivity contribution in [1.82, 2.24) is 19.5 Å². The van der Waals surface area contributed by atoms with Crippen LogP contribution in [0.4, 0.5) is 13.2 Å². The fraction of sp³-hybridized carbons (Fsp3) is 0.688. The quantitative estimate of drug-likeness (QED) is 0.190. The Morgan fingerprint density at radius 2 is 1.80 bits per heavy atom. The molecule has 66 heavy (non-hydrogen) atoms. The zero-order valence-corrected chi connectivity index (χ0v) is 39.2. The smallest absolute Gasteiger partial charge is 0.416 e. The first-order valence-electron chi connectivity index (χ1n) is 23.5. The maximum atomic E-state index is 15.0. The lowest BCUT2D eigenvalue weighted by Crippen LogP contribution is -2.49. The van der Waals surface area contributed by atoms with Crippen molar-refractivity contribution in [3.63, 3.8) is 0 Å². The average molecular weight is 945 g/mol. The van der Waals surface area contributed by atoms with E-state index in [0.717, 1.165) is 37.8 Å². The van der Waals surface area contributed by atoms with E-state index in [4.69, 9.17) is 23.9 Å².